The molecular formula is C12H26O4P-. The first-order valence-electron chi connectivity index (χ1n) is 6.72. The van der Waals surface area contributed by atoms with Gasteiger partial charge in [-0.1, -0.05) is 52.4 Å². The van der Waals surface area contributed by atoms with Crippen LogP contribution in [0.4, 0.5) is 0 Å². The van der Waals surface area contributed by atoms with E-state index in [1.807, 2.05) is 0 Å². The Morgan fingerprint density at radius 2 is 1.24 bits per heavy atom. The zero-order valence-corrected chi connectivity index (χ0v) is 12.0. The summed E-state index contributed by atoms with van der Waals surface area (Å²) in [6, 6.07) is 0. The van der Waals surface area contributed by atoms with Crippen molar-refractivity contribution in [1.82, 2.24) is 0 Å². The molecule has 0 saturated heterocycles. The fourth-order valence-electron chi connectivity index (χ4n) is 1.45. The highest BCUT2D eigenvalue weighted by Crippen LogP contribution is 2.38. The van der Waals surface area contributed by atoms with Gasteiger partial charge in [0.1, 0.15) is 0 Å². The van der Waals surface area contributed by atoms with Gasteiger partial charge in [0.05, 0.1) is 13.2 Å². The second-order valence-electron chi connectivity index (χ2n) is 4.23. The molecule has 0 rings (SSSR count). The summed E-state index contributed by atoms with van der Waals surface area (Å²) < 4.78 is 20.8. The minimum absolute atomic E-state index is 0.241. The van der Waals surface area contributed by atoms with E-state index in [1.165, 1.54) is 12.8 Å². The number of phosphoric acid groups is 1. The normalized spacial score (nSPS) is 14.8. The minimum Gasteiger partial charge on any atom is -0.756 e. The van der Waals surface area contributed by atoms with E-state index in [0.717, 1.165) is 38.5 Å². The molecule has 104 valence electrons. The number of rotatable bonds is 12. The highest BCUT2D eigenvalue weighted by atomic mass is 31.2. The van der Waals surface area contributed by atoms with Gasteiger partial charge in [-0.15, -0.1) is 0 Å². The summed E-state index contributed by atoms with van der Waals surface area (Å²) in [5, 5.41) is 0. The first-order valence-corrected chi connectivity index (χ1v) is 8.18. The van der Waals surface area contributed by atoms with Crippen molar-refractivity contribution in [3.05, 3.63) is 0 Å². The topological polar surface area (TPSA) is 58.6 Å². The number of hydrogen-bond donors (Lipinski definition) is 0. The largest absolute Gasteiger partial charge is 0.756 e. The van der Waals surface area contributed by atoms with Crippen molar-refractivity contribution in [2.24, 2.45) is 0 Å². The molecule has 0 heterocycles. The van der Waals surface area contributed by atoms with E-state index in [4.69, 9.17) is 9.05 Å². The summed E-state index contributed by atoms with van der Waals surface area (Å²) in [7, 11) is -4.04. The summed E-state index contributed by atoms with van der Waals surface area (Å²) in [5.74, 6) is 0. The molecular weight excluding hydrogens is 239 g/mol. The van der Waals surface area contributed by atoms with Crippen LogP contribution in [0.2, 0.25) is 0 Å². The smallest absolute Gasteiger partial charge is 0.267 e. The lowest BCUT2D eigenvalue weighted by Gasteiger charge is -2.22. The van der Waals surface area contributed by atoms with Crippen LogP contribution in [0.5, 0.6) is 0 Å². The zero-order valence-electron chi connectivity index (χ0n) is 11.2. The Morgan fingerprint density at radius 1 is 0.824 bits per heavy atom. The van der Waals surface area contributed by atoms with Crippen LogP contribution < -0.4 is 4.89 Å². The summed E-state index contributed by atoms with van der Waals surface area (Å²) in [6.45, 7) is 4.69. The molecule has 0 saturated carbocycles. The van der Waals surface area contributed by atoms with Gasteiger partial charge in [0.15, 0.2) is 0 Å². The van der Waals surface area contributed by atoms with Gasteiger partial charge in [-0.2, -0.15) is 0 Å². The monoisotopic (exact) mass is 265 g/mol. The van der Waals surface area contributed by atoms with E-state index >= 15 is 0 Å². The molecule has 0 aromatic carbocycles. The van der Waals surface area contributed by atoms with Gasteiger partial charge in [-0.25, -0.2) is 0 Å². The van der Waals surface area contributed by atoms with Crippen molar-refractivity contribution >= 4 is 7.82 Å². The van der Waals surface area contributed by atoms with Crippen LogP contribution in [0, 0.1) is 0 Å². The van der Waals surface area contributed by atoms with Gasteiger partial charge in [-0.3, -0.25) is 4.57 Å². The van der Waals surface area contributed by atoms with Gasteiger partial charge in [0.25, 0.3) is 7.82 Å². The Bertz CT molecular complexity index is 209. The summed E-state index contributed by atoms with van der Waals surface area (Å²) >= 11 is 0. The predicted molar refractivity (Wildman–Crippen MR) is 67.8 cm³/mol. The zero-order chi connectivity index (χ0) is 13.0. The number of phosphoric ester groups is 1. The lowest BCUT2D eigenvalue weighted by Crippen LogP contribution is -2.10. The van der Waals surface area contributed by atoms with E-state index in [-0.39, 0.29) is 13.2 Å². The molecule has 0 fully saturated rings. The highest BCUT2D eigenvalue weighted by Gasteiger charge is 2.08. The Morgan fingerprint density at radius 3 is 1.76 bits per heavy atom. The Labute approximate surface area is 105 Å². The van der Waals surface area contributed by atoms with Crippen molar-refractivity contribution in [3.63, 3.8) is 0 Å². The third-order valence-corrected chi connectivity index (χ3v) is 3.49. The van der Waals surface area contributed by atoms with E-state index in [0.29, 0.717) is 0 Å². The van der Waals surface area contributed by atoms with Crippen LogP contribution in [0.25, 0.3) is 0 Å². The summed E-state index contributed by atoms with van der Waals surface area (Å²) in [6.07, 6.45) is 8.11. The first-order chi connectivity index (χ1) is 8.12. The maximum Gasteiger partial charge on any atom is 0.267 e. The average molecular weight is 265 g/mol. The van der Waals surface area contributed by atoms with E-state index in [2.05, 4.69) is 13.8 Å². The average Bonchev–Trinajstić information content (AvgIpc) is 2.29. The molecule has 0 spiro atoms. The van der Waals surface area contributed by atoms with Gasteiger partial charge in [-0.05, 0) is 12.8 Å². The van der Waals surface area contributed by atoms with Crippen LogP contribution >= 0.6 is 7.82 Å². The van der Waals surface area contributed by atoms with Crippen molar-refractivity contribution < 1.29 is 18.5 Å². The molecule has 5 heteroatoms. The lowest BCUT2D eigenvalue weighted by molar-refractivity contribution is -0.225. The van der Waals surface area contributed by atoms with Crippen LogP contribution in [-0.4, -0.2) is 13.2 Å². The van der Waals surface area contributed by atoms with Crippen molar-refractivity contribution in [2.75, 3.05) is 13.2 Å². The molecule has 0 amide bonds. The molecule has 0 aliphatic heterocycles. The third-order valence-electron chi connectivity index (χ3n) is 2.49. The van der Waals surface area contributed by atoms with Crippen molar-refractivity contribution in [1.29, 1.82) is 0 Å². The van der Waals surface area contributed by atoms with Gasteiger partial charge in [0.2, 0.25) is 0 Å². The molecule has 0 aliphatic rings. The molecule has 1 atom stereocenters. The van der Waals surface area contributed by atoms with Crippen LogP contribution in [0.3, 0.4) is 0 Å². The molecule has 17 heavy (non-hydrogen) atoms. The quantitative estimate of drug-likeness (QED) is 0.399. The molecule has 4 nitrogen and oxygen atoms in total. The lowest BCUT2D eigenvalue weighted by atomic mass is 10.2. The SMILES string of the molecule is CCCCCCCOP(=O)([O-])OCCCCC. The molecule has 0 bridgehead atoms. The molecule has 0 radical (unpaired) electrons. The molecule has 0 aromatic rings. The molecule has 0 aliphatic carbocycles. The summed E-state index contributed by atoms with van der Waals surface area (Å²) in [5.41, 5.74) is 0. The van der Waals surface area contributed by atoms with Crippen LogP contribution in [0.15, 0.2) is 0 Å². The van der Waals surface area contributed by atoms with Gasteiger partial charge < -0.3 is 13.9 Å². The van der Waals surface area contributed by atoms with E-state index in [1.54, 1.807) is 0 Å². The number of hydrogen-bond acceptors (Lipinski definition) is 4. The fraction of sp³-hybridized carbons (Fsp3) is 1.00. The third kappa shape index (κ3) is 12.4. The van der Waals surface area contributed by atoms with Crippen molar-refractivity contribution in [2.45, 2.75) is 65.2 Å². The van der Waals surface area contributed by atoms with E-state index in [9.17, 15) is 9.46 Å². The minimum atomic E-state index is -4.04. The second-order valence-corrected chi connectivity index (χ2v) is 5.65. The predicted octanol–water partition coefficient (Wildman–Crippen LogP) is 3.65. The van der Waals surface area contributed by atoms with E-state index < -0.39 is 7.82 Å². The van der Waals surface area contributed by atoms with Gasteiger partial charge in [0, 0.05) is 0 Å². The van der Waals surface area contributed by atoms with Gasteiger partial charge >= 0.3 is 0 Å². The number of unbranched alkanes of at least 4 members (excludes halogenated alkanes) is 6. The standard InChI is InChI=1S/C12H27O4P/c1-3-5-7-8-10-12-16-17(13,14)15-11-9-6-4-2/h3-12H2,1-2H3,(H,13,14)/p-1. The molecule has 1 unspecified atom stereocenters. The second kappa shape index (κ2) is 11.2. The van der Waals surface area contributed by atoms with Crippen molar-refractivity contribution in [3.8, 4) is 0 Å². The highest BCUT2D eigenvalue weighted by molar-refractivity contribution is 7.45. The van der Waals surface area contributed by atoms with Crippen LogP contribution in [-0.2, 0) is 13.6 Å². The molecule has 0 N–H and O–H groups in total. The first kappa shape index (κ1) is 17.1. The fourth-order valence-corrected chi connectivity index (χ4v) is 2.23. The summed E-state index contributed by atoms with van der Waals surface area (Å²) in [4.78, 5) is 11.3. The Hall–Kier alpha value is 0.110. The Kier molecular flexibility index (Phi) is 11.3. The maximum absolute atomic E-state index is 11.3. The maximum atomic E-state index is 11.3. The van der Waals surface area contributed by atoms with Crippen LogP contribution in [0.1, 0.15) is 65.2 Å². The Balaban J connectivity index is 3.40. The molecule has 0 aromatic heterocycles.